The van der Waals surface area contributed by atoms with Crippen molar-refractivity contribution in [2.75, 3.05) is 20.3 Å². The highest BCUT2D eigenvalue weighted by Crippen LogP contribution is 2.27. The van der Waals surface area contributed by atoms with E-state index in [1.165, 1.54) is 6.33 Å². The fourth-order valence-corrected chi connectivity index (χ4v) is 2.66. The molecule has 0 bridgehead atoms. The number of aromatic amines is 2. The van der Waals surface area contributed by atoms with Gasteiger partial charge in [0, 0.05) is 24.5 Å². The van der Waals surface area contributed by atoms with Crippen molar-refractivity contribution >= 4 is 16.5 Å². The Hall–Kier alpha value is -3.19. The molecule has 0 aliphatic rings. The Labute approximate surface area is 157 Å². The number of nitrogens with zero attached hydrogens (tertiary/aromatic N) is 3. The molecule has 0 amide bonds. The third-order valence-electron chi connectivity index (χ3n) is 4.02. The fourth-order valence-electron chi connectivity index (χ4n) is 2.66. The predicted octanol–water partition coefficient (Wildman–Crippen LogP) is 3.87. The summed E-state index contributed by atoms with van der Waals surface area (Å²) in [6, 6.07) is 5.95. The Morgan fingerprint density at radius 1 is 1.26 bits per heavy atom. The summed E-state index contributed by atoms with van der Waals surface area (Å²) in [5.41, 5.74) is 3.41. The van der Waals surface area contributed by atoms with Gasteiger partial charge in [0.15, 0.2) is 5.82 Å². The van der Waals surface area contributed by atoms with Crippen LogP contribution in [0.5, 0.6) is 0 Å². The second-order valence-corrected chi connectivity index (χ2v) is 5.92. The van der Waals surface area contributed by atoms with Crippen LogP contribution in [0.4, 0.5) is 0 Å². The molecular formula is C20H23N5O2. The molecule has 0 spiro atoms. The normalized spacial score (nSPS) is 12.1. The van der Waals surface area contributed by atoms with E-state index in [1.807, 2.05) is 43.4 Å². The van der Waals surface area contributed by atoms with Crippen LogP contribution in [0.3, 0.4) is 0 Å². The molecule has 0 fully saturated rings. The Balaban J connectivity index is 1.89. The Kier molecular flexibility index (Phi) is 6.17. The van der Waals surface area contributed by atoms with Gasteiger partial charge < -0.3 is 9.47 Å². The molecule has 7 heteroatoms. The average molecular weight is 365 g/mol. The van der Waals surface area contributed by atoms with Gasteiger partial charge in [0.2, 0.25) is 0 Å². The highest BCUT2D eigenvalue weighted by Gasteiger charge is 2.11. The van der Waals surface area contributed by atoms with Gasteiger partial charge in [0.1, 0.15) is 18.7 Å². The first kappa shape index (κ1) is 18.6. The maximum Gasteiger partial charge on any atom is 0.155 e. The van der Waals surface area contributed by atoms with Crippen LogP contribution in [0.2, 0.25) is 0 Å². The fraction of sp³-hybridized carbons (Fsp3) is 0.250. The highest BCUT2D eigenvalue weighted by atomic mass is 16.5. The van der Waals surface area contributed by atoms with Crippen molar-refractivity contribution < 1.29 is 9.47 Å². The minimum absolute atomic E-state index is 0.490. The number of hydrogen-bond acceptors (Lipinski definition) is 5. The summed E-state index contributed by atoms with van der Waals surface area (Å²) in [4.78, 5) is 4.21. The second kappa shape index (κ2) is 8.95. The highest BCUT2D eigenvalue weighted by molar-refractivity contribution is 5.94. The van der Waals surface area contributed by atoms with Crippen molar-refractivity contribution in [2.24, 2.45) is 0 Å². The van der Waals surface area contributed by atoms with E-state index in [9.17, 15) is 0 Å². The van der Waals surface area contributed by atoms with Crippen LogP contribution in [0.1, 0.15) is 19.0 Å². The molecule has 2 heterocycles. The van der Waals surface area contributed by atoms with E-state index in [0.717, 1.165) is 33.5 Å². The minimum Gasteiger partial charge on any atom is -0.495 e. The van der Waals surface area contributed by atoms with E-state index >= 15 is 0 Å². The number of fused-ring (bicyclic) bond motifs is 1. The number of allylic oxidation sites excluding steroid dienone is 4. The zero-order chi connectivity index (χ0) is 19.1. The maximum atomic E-state index is 5.81. The van der Waals surface area contributed by atoms with Crippen molar-refractivity contribution in [2.45, 2.75) is 13.3 Å². The molecule has 140 valence electrons. The van der Waals surface area contributed by atoms with Crippen LogP contribution in [0.15, 0.2) is 55.1 Å². The van der Waals surface area contributed by atoms with E-state index in [1.54, 1.807) is 7.11 Å². The summed E-state index contributed by atoms with van der Waals surface area (Å²) >= 11 is 0. The van der Waals surface area contributed by atoms with Crippen LogP contribution in [-0.2, 0) is 9.47 Å². The van der Waals surface area contributed by atoms with Crippen LogP contribution in [0.25, 0.3) is 27.9 Å². The third-order valence-corrected chi connectivity index (χ3v) is 4.02. The predicted molar refractivity (Wildman–Crippen MR) is 106 cm³/mol. The number of H-pyrrole nitrogens is 2. The number of methoxy groups -OCH3 is 1. The van der Waals surface area contributed by atoms with Crippen LogP contribution in [0, 0.1) is 0 Å². The third kappa shape index (κ3) is 4.51. The summed E-state index contributed by atoms with van der Waals surface area (Å²) in [6.07, 6.45) is 8.13. The van der Waals surface area contributed by atoms with E-state index in [2.05, 4.69) is 32.0 Å². The van der Waals surface area contributed by atoms with E-state index in [0.29, 0.717) is 25.5 Å². The van der Waals surface area contributed by atoms with Crippen molar-refractivity contribution in [3.05, 3.63) is 60.8 Å². The van der Waals surface area contributed by atoms with Gasteiger partial charge in [-0.3, -0.25) is 10.2 Å². The topological polar surface area (TPSA) is 88.7 Å². The summed E-state index contributed by atoms with van der Waals surface area (Å²) in [6.45, 7) is 7.19. The molecule has 7 nitrogen and oxygen atoms in total. The molecule has 2 N–H and O–H groups in total. The number of hydrogen-bond donors (Lipinski definition) is 2. The molecule has 3 aromatic rings. The lowest BCUT2D eigenvalue weighted by Gasteiger charge is -2.09. The number of rotatable bonds is 9. The van der Waals surface area contributed by atoms with Gasteiger partial charge in [-0.2, -0.15) is 10.2 Å². The Bertz CT molecular complexity index is 954. The van der Waals surface area contributed by atoms with Gasteiger partial charge in [-0.1, -0.05) is 18.7 Å². The Morgan fingerprint density at radius 3 is 2.89 bits per heavy atom. The summed E-state index contributed by atoms with van der Waals surface area (Å²) < 4.78 is 10.9. The smallest absolute Gasteiger partial charge is 0.155 e. The monoisotopic (exact) mass is 365 g/mol. The molecule has 3 rings (SSSR count). The van der Waals surface area contributed by atoms with Crippen molar-refractivity contribution in [1.82, 2.24) is 25.4 Å². The zero-order valence-corrected chi connectivity index (χ0v) is 15.5. The molecule has 0 saturated carbocycles. The van der Waals surface area contributed by atoms with Gasteiger partial charge in [-0.15, -0.1) is 0 Å². The van der Waals surface area contributed by atoms with Crippen molar-refractivity contribution in [3.8, 4) is 11.4 Å². The first-order valence-electron chi connectivity index (χ1n) is 8.69. The lowest BCUT2D eigenvalue weighted by atomic mass is 10.1. The molecule has 0 atom stereocenters. The minimum atomic E-state index is 0.490. The van der Waals surface area contributed by atoms with Crippen LogP contribution >= 0.6 is 0 Å². The average Bonchev–Trinajstić information content (AvgIpc) is 3.35. The summed E-state index contributed by atoms with van der Waals surface area (Å²) in [7, 11) is 1.65. The van der Waals surface area contributed by atoms with Crippen molar-refractivity contribution in [3.63, 3.8) is 0 Å². The standard InChI is InChI=1S/C20H23N5O2/c1-4-5-6-16(27-10-9-26-3)11-14(2)19-17-12-15(20-21-13-22-25-20)7-8-18(17)23-24-19/h4-5,7-8,11-13H,2,6,9-10H2,1,3H3,(H,23,24)(H,21,22,25)/b5-4-,16-11+. The first-order valence-corrected chi connectivity index (χ1v) is 8.69. The van der Waals surface area contributed by atoms with E-state index in [-0.39, 0.29) is 0 Å². The van der Waals surface area contributed by atoms with Gasteiger partial charge in [-0.05, 0) is 36.8 Å². The zero-order valence-electron chi connectivity index (χ0n) is 15.5. The lowest BCUT2D eigenvalue weighted by molar-refractivity contribution is 0.108. The second-order valence-electron chi connectivity index (χ2n) is 5.92. The van der Waals surface area contributed by atoms with E-state index in [4.69, 9.17) is 9.47 Å². The molecular weight excluding hydrogens is 342 g/mol. The number of aromatic nitrogens is 5. The molecule has 1 aromatic carbocycles. The van der Waals surface area contributed by atoms with E-state index < -0.39 is 0 Å². The van der Waals surface area contributed by atoms with Gasteiger partial charge in [0.25, 0.3) is 0 Å². The van der Waals surface area contributed by atoms with Gasteiger partial charge in [-0.25, -0.2) is 4.98 Å². The van der Waals surface area contributed by atoms with Gasteiger partial charge >= 0.3 is 0 Å². The first-order chi connectivity index (χ1) is 13.2. The summed E-state index contributed by atoms with van der Waals surface area (Å²) in [5, 5.41) is 15.2. The lowest BCUT2D eigenvalue weighted by Crippen LogP contribution is -2.02. The summed E-state index contributed by atoms with van der Waals surface area (Å²) in [5.74, 6) is 1.53. The van der Waals surface area contributed by atoms with Gasteiger partial charge in [0.05, 0.1) is 17.8 Å². The van der Waals surface area contributed by atoms with Crippen molar-refractivity contribution in [1.29, 1.82) is 0 Å². The van der Waals surface area contributed by atoms with Crippen LogP contribution in [-0.4, -0.2) is 45.7 Å². The molecule has 27 heavy (non-hydrogen) atoms. The Morgan fingerprint density at radius 2 is 2.15 bits per heavy atom. The quantitative estimate of drug-likeness (QED) is 0.260. The molecule has 0 saturated heterocycles. The molecule has 0 aliphatic heterocycles. The molecule has 0 aliphatic carbocycles. The maximum absolute atomic E-state index is 5.81. The number of benzene rings is 1. The molecule has 0 unspecified atom stereocenters. The molecule has 0 radical (unpaired) electrons. The number of ether oxygens (including phenoxy) is 2. The van der Waals surface area contributed by atoms with Crippen LogP contribution < -0.4 is 0 Å². The molecule has 2 aromatic heterocycles. The largest absolute Gasteiger partial charge is 0.495 e. The number of nitrogens with one attached hydrogen (secondary N) is 2. The SMILES string of the molecule is C=C(/C=C(\C/C=C\C)OCCOC)c1n[nH]c2ccc(-c3ncn[nH]3)cc12.